The summed E-state index contributed by atoms with van der Waals surface area (Å²) in [7, 11) is -3.33. The number of halogens is 1. The molecule has 1 aromatic carbocycles. The van der Waals surface area contributed by atoms with Crippen LogP contribution in [0.5, 0.6) is 0 Å². The van der Waals surface area contributed by atoms with E-state index in [2.05, 4.69) is 5.32 Å². The average Bonchev–Trinajstić information content (AvgIpc) is 2.15. The lowest BCUT2D eigenvalue weighted by molar-refractivity contribution is -0.0139. The Labute approximate surface area is 107 Å². The van der Waals surface area contributed by atoms with Crippen LogP contribution in [0.4, 0.5) is 0 Å². The predicted octanol–water partition coefficient (Wildman–Crippen LogP) is 0.528. The fourth-order valence-electron chi connectivity index (χ4n) is 2.15. The molecule has 1 fully saturated rings. The SMILES string of the molecule is CS(=O)(=O)C(c1ccccc1)C1(O)CNC1.Cl. The van der Waals surface area contributed by atoms with Crippen molar-refractivity contribution in [1.82, 2.24) is 5.32 Å². The Morgan fingerprint density at radius 1 is 1.29 bits per heavy atom. The van der Waals surface area contributed by atoms with Gasteiger partial charge in [0.2, 0.25) is 0 Å². The third-order valence-corrected chi connectivity index (χ3v) is 4.45. The summed E-state index contributed by atoms with van der Waals surface area (Å²) in [5, 5.41) is 12.3. The molecular formula is C11H16ClNO3S. The second-order valence-electron chi connectivity index (χ2n) is 4.33. The first kappa shape index (κ1) is 14.4. The first-order valence-corrected chi connectivity index (χ1v) is 7.06. The van der Waals surface area contributed by atoms with Gasteiger partial charge in [0.05, 0.1) is 0 Å². The molecule has 0 spiro atoms. The van der Waals surface area contributed by atoms with Crippen LogP contribution < -0.4 is 5.32 Å². The molecule has 1 heterocycles. The maximum Gasteiger partial charge on any atom is 0.157 e. The van der Waals surface area contributed by atoms with Gasteiger partial charge < -0.3 is 10.4 Å². The molecule has 0 aromatic heterocycles. The van der Waals surface area contributed by atoms with Crippen molar-refractivity contribution in [2.24, 2.45) is 0 Å². The molecule has 17 heavy (non-hydrogen) atoms. The van der Waals surface area contributed by atoms with Crippen LogP contribution in [0, 0.1) is 0 Å². The second kappa shape index (κ2) is 4.94. The van der Waals surface area contributed by atoms with E-state index in [4.69, 9.17) is 0 Å². The molecule has 0 amide bonds. The van der Waals surface area contributed by atoms with E-state index < -0.39 is 20.7 Å². The van der Waals surface area contributed by atoms with Crippen LogP contribution in [0.25, 0.3) is 0 Å². The van der Waals surface area contributed by atoms with E-state index in [1.807, 2.05) is 6.07 Å². The van der Waals surface area contributed by atoms with Crippen LogP contribution in [0.2, 0.25) is 0 Å². The molecule has 0 aliphatic carbocycles. The fourth-order valence-corrected chi connectivity index (χ4v) is 3.77. The van der Waals surface area contributed by atoms with Crippen LogP contribution >= 0.6 is 12.4 Å². The topological polar surface area (TPSA) is 66.4 Å². The quantitative estimate of drug-likeness (QED) is 0.846. The van der Waals surface area contributed by atoms with Crippen LogP contribution in [0.1, 0.15) is 10.8 Å². The van der Waals surface area contributed by atoms with Crippen LogP contribution in [0.15, 0.2) is 30.3 Å². The van der Waals surface area contributed by atoms with Gasteiger partial charge in [0, 0.05) is 19.3 Å². The molecule has 1 aliphatic rings. The highest BCUT2D eigenvalue weighted by Gasteiger charge is 2.48. The standard InChI is InChI=1S/C11H15NO3S.ClH/c1-16(14,15)10(11(13)7-12-8-11)9-5-3-2-4-6-9;/h2-6,10,12-13H,7-8H2,1H3;1H. The Hall–Kier alpha value is -0.620. The summed E-state index contributed by atoms with van der Waals surface area (Å²) in [4.78, 5) is 0. The van der Waals surface area contributed by atoms with Gasteiger partial charge in [0.1, 0.15) is 10.9 Å². The Bertz CT molecular complexity index is 471. The zero-order valence-electron chi connectivity index (χ0n) is 9.46. The van der Waals surface area contributed by atoms with Gasteiger partial charge in [-0.25, -0.2) is 8.42 Å². The summed E-state index contributed by atoms with van der Waals surface area (Å²) in [6, 6.07) is 8.86. The van der Waals surface area contributed by atoms with Gasteiger partial charge in [0.25, 0.3) is 0 Å². The van der Waals surface area contributed by atoms with Crippen molar-refractivity contribution in [2.45, 2.75) is 10.9 Å². The number of rotatable bonds is 3. The minimum absolute atomic E-state index is 0. The van der Waals surface area contributed by atoms with Gasteiger partial charge in [-0.15, -0.1) is 12.4 Å². The first-order valence-electron chi connectivity index (χ1n) is 5.10. The molecule has 1 aliphatic heterocycles. The summed E-state index contributed by atoms with van der Waals surface area (Å²) >= 11 is 0. The second-order valence-corrected chi connectivity index (χ2v) is 6.46. The van der Waals surface area contributed by atoms with Gasteiger partial charge in [-0.1, -0.05) is 30.3 Å². The number of nitrogens with one attached hydrogen (secondary N) is 1. The first-order chi connectivity index (χ1) is 7.43. The highest BCUT2D eigenvalue weighted by molar-refractivity contribution is 7.91. The summed E-state index contributed by atoms with van der Waals surface area (Å²) in [5.41, 5.74) is -0.524. The highest BCUT2D eigenvalue weighted by atomic mass is 35.5. The Morgan fingerprint density at radius 3 is 2.18 bits per heavy atom. The van der Waals surface area contributed by atoms with Gasteiger partial charge >= 0.3 is 0 Å². The molecular weight excluding hydrogens is 262 g/mol. The Morgan fingerprint density at radius 2 is 1.82 bits per heavy atom. The molecule has 6 heteroatoms. The fraction of sp³-hybridized carbons (Fsp3) is 0.455. The lowest BCUT2D eigenvalue weighted by atomic mass is 9.88. The zero-order valence-corrected chi connectivity index (χ0v) is 11.1. The number of benzene rings is 1. The van der Waals surface area contributed by atoms with Crippen molar-refractivity contribution in [3.63, 3.8) is 0 Å². The maximum atomic E-state index is 11.8. The number of hydrogen-bond acceptors (Lipinski definition) is 4. The van der Waals surface area contributed by atoms with Gasteiger partial charge in [-0.05, 0) is 5.56 Å². The molecule has 1 saturated heterocycles. The number of β-amino-alcohol motifs (C(OH)–C–C–N with tert-alkyl or cyclic N) is 1. The summed E-state index contributed by atoms with van der Waals surface area (Å²) < 4.78 is 23.6. The van der Waals surface area contributed by atoms with Crippen molar-refractivity contribution in [3.8, 4) is 0 Å². The molecule has 1 unspecified atom stereocenters. The van der Waals surface area contributed by atoms with Crippen molar-refractivity contribution in [2.75, 3.05) is 19.3 Å². The minimum Gasteiger partial charge on any atom is -0.386 e. The van der Waals surface area contributed by atoms with E-state index in [9.17, 15) is 13.5 Å². The zero-order chi connectivity index (χ0) is 11.8. The van der Waals surface area contributed by atoms with E-state index in [-0.39, 0.29) is 12.4 Å². The lowest BCUT2D eigenvalue weighted by Crippen LogP contribution is -2.63. The molecule has 2 N–H and O–H groups in total. The molecule has 0 radical (unpaired) electrons. The molecule has 2 rings (SSSR count). The van der Waals surface area contributed by atoms with Crippen molar-refractivity contribution < 1.29 is 13.5 Å². The molecule has 0 saturated carbocycles. The summed E-state index contributed by atoms with van der Waals surface area (Å²) in [6.07, 6.45) is 1.17. The Balaban J connectivity index is 0.00000144. The third kappa shape index (κ3) is 2.80. The van der Waals surface area contributed by atoms with E-state index in [0.29, 0.717) is 18.7 Å². The predicted molar refractivity (Wildman–Crippen MR) is 69.1 cm³/mol. The van der Waals surface area contributed by atoms with Crippen molar-refractivity contribution >= 4 is 22.2 Å². The Kier molecular flexibility index (Phi) is 4.19. The normalized spacial score (nSPS) is 19.9. The smallest absolute Gasteiger partial charge is 0.157 e. The third-order valence-electron chi connectivity index (χ3n) is 2.88. The van der Waals surface area contributed by atoms with E-state index in [0.717, 1.165) is 0 Å². The largest absolute Gasteiger partial charge is 0.386 e. The number of hydrogen-bond donors (Lipinski definition) is 2. The molecule has 1 aromatic rings. The summed E-state index contributed by atoms with van der Waals surface area (Å²) in [6.45, 7) is 0.638. The van der Waals surface area contributed by atoms with Crippen molar-refractivity contribution in [1.29, 1.82) is 0 Å². The number of sulfone groups is 1. The van der Waals surface area contributed by atoms with Crippen LogP contribution in [-0.2, 0) is 9.84 Å². The molecule has 1 atom stereocenters. The van der Waals surface area contributed by atoms with Gasteiger partial charge in [-0.3, -0.25) is 0 Å². The van der Waals surface area contributed by atoms with Gasteiger partial charge in [0.15, 0.2) is 9.84 Å². The van der Waals surface area contributed by atoms with E-state index in [1.165, 1.54) is 6.26 Å². The molecule has 0 bridgehead atoms. The number of aliphatic hydroxyl groups is 1. The lowest BCUT2D eigenvalue weighted by Gasteiger charge is -2.43. The van der Waals surface area contributed by atoms with Crippen molar-refractivity contribution in [3.05, 3.63) is 35.9 Å². The monoisotopic (exact) mass is 277 g/mol. The maximum absolute atomic E-state index is 11.8. The van der Waals surface area contributed by atoms with E-state index >= 15 is 0 Å². The molecule has 96 valence electrons. The minimum atomic E-state index is -3.33. The van der Waals surface area contributed by atoms with Gasteiger partial charge in [-0.2, -0.15) is 0 Å². The average molecular weight is 278 g/mol. The van der Waals surface area contributed by atoms with E-state index in [1.54, 1.807) is 24.3 Å². The highest BCUT2D eigenvalue weighted by Crippen LogP contribution is 2.35. The summed E-state index contributed by atoms with van der Waals surface area (Å²) in [5.74, 6) is 0. The van der Waals surface area contributed by atoms with Crippen LogP contribution in [-0.4, -0.2) is 38.5 Å². The van der Waals surface area contributed by atoms with Crippen LogP contribution in [0.3, 0.4) is 0 Å². The molecule has 4 nitrogen and oxygen atoms in total.